The van der Waals surface area contributed by atoms with Gasteiger partial charge in [0.25, 0.3) is 0 Å². The van der Waals surface area contributed by atoms with Gasteiger partial charge in [-0.25, -0.2) is 18.1 Å². The van der Waals surface area contributed by atoms with Gasteiger partial charge in [-0.3, -0.25) is 0 Å². The predicted molar refractivity (Wildman–Crippen MR) is 110 cm³/mol. The van der Waals surface area contributed by atoms with Gasteiger partial charge in [-0.05, 0) is 50.9 Å². The molecule has 1 aromatic carbocycles. The molecule has 0 spiro atoms. The smallest absolute Gasteiger partial charge is 0.240 e. The quantitative estimate of drug-likeness (QED) is 0.287. The molecule has 1 atom stereocenters. The van der Waals surface area contributed by atoms with Gasteiger partial charge < -0.3 is 20.1 Å². The lowest BCUT2D eigenvalue weighted by molar-refractivity contribution is 0.0168. The molecular formula is C19H32N4O4S. The van der Waals surface area contributed by atoms with Gasteiger partial charge in [0.15, 0.2) is 5.96 Å². The van der Waals surface area contributed by atoms with Gasteiger partial charge in [-0.2, -0.15) is 0 Å². The molecule has 9 heteroatoms. The highest BCUT2D eigenvalue weighted by Gasteiger charge is 2.15. The van der Waals surface area contributed by atoms with E-state index in [-0.39, 0.29) is 11.0 Å². The Balaban J connectivity index is 1.73. The Morgan fingerprint density at radius 3 is 2.71 bits per heavy atom. The van der Waals surface area contributed by atoms with Crippen LogP contribution in [0.5, 0.6) is 0 Å². The summed E-state index contributed by atoms with van der Waals surface area (Å²) in [6.07, 6.45) is 3.37. The number of benzene rings is 1. The molecule has 28 heavy (non-hydrogen) atoms. The van der Waals surface area contributed by atoms with E-state index < -0.39 is 10.0 Å². The number of aliphatic imine (C=N–C) groups is 1. The summed E-state index contributed by atoms with van der Waals surface area (Å²) < 4.78 is 37.0. The van der Waals surface area contributed by atoms with Gasteiger partial charge >= 0.3 is 0 Å². The highest BCUT2D eigenvalue weighted by Crippen LogP contribution is 2.12. The van der Waals surface area contributed by atoms with Crippen LogP contribution in [0, 0.1) is 0 Å². The summed E-state index contributed by atoms with van der Waals surface area (Å²) in [5.74, 6) is 0.730. The minimum Gasteiger partial charge on any atom is -0.379 e. The Hall–Kier alpha value is -1.68. The van der Waals surface area contributed by atoms with Crippen molar-refractivity contribution in [2.45, 2.75) is 43.7 Å². The fourth-order valence-electron chi connectivity index (χ4n) is 2.78. The zero-order chi connectivity index (χ0) is 20.2. The molecule has 1 heterocycles. The van der Waals surface area contributed by atoms with Crippen molar-refractivity contribution in [2.24, 2.45) is 4.99 Å². The summed E-state index contributed by atoms with van der Waals surface area (Å²) in [7, 11) is -2.01. The van der Waals surface area contributed by atoms with Crippen LogP contribution in [0.2, 0.25) is 0 Å². The minimum atomic E-state index is -3.41. The van der Waals surface area contributed by atoms with Crippen LogP contribution < -0.4 is 15.4 Å². The first kappa shape index (κ1) is 22.6. The Kier molecular flexibility index (Phi) is 9.69. The Morgan fingerprint density at radius 1 is 1.29 bits per heavy atom. The van der Waals surface area contributed by atoms with E-state index >= 15 is 0 Å². The van der Waals surface area contributed by atoms with Crippen LogP contribution in [0.25, 0.3) is 0 Å². The topological polar surface area (TPSA) is 101 Å². The Labute approximate surface area is 168 Å². The zero-order valence-corrected chi connectivity index (χ0v) is 17.6. The lowest BCUT2D eigenvalue weighted by atomic mass is 10.2. The SMILES string of the molecule is CCNC(=NCc1ccc(S(=O)(=O)NC)cc1)NCCCOCC1CCCO1. The monoisotopic (exact) mass is 412 g/mol. The summed E-state index contributed by atoms with van der Waals surface area (Å²) in [6.45, 7) is 6.22. The molecule has 158 valence electrons. The maximum atomic E-state index is 11.8. The van der Waals surface area contributed by atoms with E-state index in [2.05, 4.69) is 20.3 Å². The number of hydrogen-bond donors (Lipinski definition) is 3. The normalized spacial score (nSPS) is 17.6. The number of ether oxygens (including phenoxy) is 2. The molecule has 1 aliphatic heterocycles. The van der Waals surface area contributed by atoms with Gasteiger partial charge in [0.1, 0.15) is 0 Å². The zero-order valence-electron chi connectivity index (χ0n) is 16.7. The molecule has 2 rings (SSSR count). The van der Waals surface area contributed by atoms with Gasteiger partial charge in [0.05, 0.1) is 24.2 Å². The molecule has 1 unspecified atom stereocenters. The number of hydrogen-bond acceptors (Lipinski definition) is 5. The van der Waals surface area contributed by atoms with Crippen LogP contribution in [0.15, 0.2) is 34.2 Å². The molecule has 1 saturated heterocycles. The van der Waals surface area contributed by atoms with Gasteiger partial charge in [-0.15, -0.1) is 0 Å². The van der Waals surface area contributed by atoms with Crippen LogP contribution in [-0.4, -0.2) is 60.4 Å². The molecule has 0 saturated carbocycles. The first-order chi connectivity index (χ1) is 13.5. The number of rotatable bonds is 11. The van der Waals surface area contributed by atoms with Crippen molar-refractivity contribution in [3.05, 3.63) is 29.8 Å². The number of guanidine groups is 1. The summed E-state index contributed by atoms with van der Waals surface area (Å²) in [5.41, 5.74) is 0.937. The lowest BCUT2D eigenvalue weighted by Crippen LogP contribution is -2.38. The van der Waals surface area contributed by atoms with E-state index in [1.54, 1.807) is 24.3 Å². The van der Waals surface area contributed by atoms with Gasteiger partial charge in [0.2, 0.25) is 10.0 Å². The fourth-order valence-corrected chi connectivity index (χ4v) is 3.51. The first-order valence-corrected chi connectivity index (χ1v) is 11.3. The summed E-state index contributed by atoms with van der Waals surface area (Å²) in [4.78, 5) is 4.79. The van der Waals surface area contributed by atoms with Crippen molar-refractivity contribution in [3.8, 4) is 0 Å². The van der Waals surface area contributed by atoms with Crippen molar-refractivity contribution in [1.82, 2.24) is 15.4 Å². The number of nitrogens with zero attached hydrogens (tertiary/aromatic N) is 1. The molecule has 3 N–H and O–H groups in total. The van der Waals surface area contributed by atoms with Crippen molar-refractivity contribution in [3.63, 3.8) is 0 Å². The minimum absolute atomic E-state index is 0.246. The van der Waals surface area contributed by atoms with Gasteiger partial charge in [0, 0.05) is 26.3 Å². The van der Waals surface area contributed by atoms with Crippen molar-refractivity contribution >= 4 is 16.0 Å². The van der Waals surface area contributed by atoms with Crippen LogP contribution >= 0.6 is 0 Å². The van der Waals surface area contributed by atoms with E-state index in [9.17, 15) is 8.42 Å². The second kappa shape index (κ2) is 12.0. The third kappa shape index (κ3) is 7.75. The molecular weight excluding hydrogens is 380 g/mol. The van der Waals surface area contributed by atoms with Gasteiger partial charge in [-0.1, -0.05) is 12.1 Å². The Bertz CT molecular complexity index is 701. The molecule has 1 aliphatic rings. The molecule has 1 fully saturated rings. The Morgan fingerprint density at radius 2 is 2.07 bits per heavy atom. The van der Waals surface area contributed by atoms with Crippen LogP contribution in [0.1, 0.15) is 31.7 Å². The highest BCUT2D eigenvalue weighted by molar-refractivity contribution is 7.89. The highest BCUT2D eigenvalue weighted by atomic mass is 32.2. The lowest BCUT2D eigenvalue weighted by Gasteiger charge is -2.13. The van der Waals surface area contributed by atoms with Crippen molar-refractivity contribution in [2.75, 3.05) is 40.0 Å². The predicted octanol–water partition coefficient (Wildman–Crippen LogP) is 1.24. The summed E-state index contributed by atoms with van der Waals surface area (Å²) in [6, 6.07) is 6.72. The van der Waals surface area contributed by atoms with E-state index in [0.29, 0.717) is 19.8 Å². The second-order valence-electron chi connectivity index (χ2n) is 6.54. The average Bonchev–Trinajstić information content (AvgIpc) is 3.22. The first-order valence-electron chi connectivity index (χ1n) is 9.79. The van der Waals surface area contributed by atoms with Crippen LogP contribution in [-0.2, 0) is 26.0 Å². The van der Waals surface area contributed by atoms with E-state index in [4.69, 9.17) is 9.47 Å². The molecule has 0 radical (unpaired) electrons. The molecule has 1 aromatic rings. The van der Waals surface area contributed by atoms with E-state index in [1.807, 2.05) is 6.92 Å². The number of sulfonamides is 1. The standard InChI is InChI=1S/C19H32N4O4S/c1-3-21-19(22-11-5-12-26-15-17-6-4-13-27-17)23-14-16-7-9-18(10-8-16)28(24,25)20-2/h7-10,17,20H,3-6,11-15H2,1-2H3,(H2,21,22,23). The third-order valence-electron chi connectivity index (χ3n) is 4.35. The molecule has 0 aliphatic carbocycles. The summed E-state index contributed by atoms with van der Waals surface area (Å²) >= 11 is 0. The van der Waals surface area contributed by atoms with Crippen molar-refractivity contribution < 1.29 is 17.9 Å². The molecule has 0 aromatic heterocycles. The maximum Gasteiger partial charge on any atom is 0.240 e. The summed E-state index contributed by atoms with van der Waals surface area (Å²) in [5, 5.41) is 6.49. The van der Waals surface area contributed by atoms with Crippen molar-refractivity contribution in [1.29, 1.82) is 0 Å². The molecule has 8 nitrogen and oxygen atoms in total. The number of nitrogens with one attached hydrogen (secondary N) is 3. The van der Waals surface area contributed by atoms with E-state index in [1.165, 1.54) is 7.05 Å². The second-order valence-corrected chi connectivity index (χ2v) is 8.42. The maximum absolute atomic E-state index is 11.8. The van der Waals surface area contributed by atoms with Crippen LogP contribution in [0.4, 0.5) is 0 Å². The molecule has 0 amide bonds. The fraction of sp³-hybridized carbons (Fsp3) is 0.632. The average molecular weight is 413 g/mol. The van der Waals surface area contributed by atoms with E-state index in [0.717, 1.165) is 50.5 Å². The molecule has 0 bridgehead atoms. The largest absolute Gasteiger partial charge is 0.379 e. The third-order valence-corrected chi connectivity index (χ3v) is 5.78. The van der Waals surface area contributed by atoms with Crippen LogP contribution in [0.3, 0.4) is 0 Å².